The van der Waals surface area contributed by atoms with Crippen molar-refractivity contribution in [3.63, 3.8) is 0 Å². The molecule has 158 valence electrons. The Bertz CT molecular complexity index is 1070. The maximum atomic E-state index is 13.2. The average Bonchev–Trinajstić information content (AvgIpc) is 3.50. The van der Waals surface area contributed by atoms with Gasteiger partial charge in [0.25, 0.3) is 5.91 Å². The molecule has 1 aromatic heterocycles. The van der Waals surface area contributed by atoms with Crippen LogP contribution in [0.2, 0.25) is 0 Å². The zero-order valence-electron chi connectivity index (χ0n) is 17.1. The molecule has 2 heterocycles. The van der Waals surface area contributed by atoms with E-state index in [1.165, 1.54) is 11.3 Å². The number of likely N-dealkylation sites (tertiary alicyclic amines) is 1. The molecule has 1 aliphatic heterocycles. The van der Waals surface area contributed by atoms with E-state index in [-0.39, 0.29) is 18.6 Å². The first-order valence-corrected chi connectivity index (χ1v) is 11.3. The lowest BCUT2D eigenvalue weighted by atomic mass is 10.0. The third kappa shape index (κ3) is 4.96. The quantitative estimate of drug-likeness (QED) is 0.575. The number of amides is 1. The molecule has 0 spiro atoms. The molecule has 0 bridgehead atoms. The molecule has 3 aromatic rings. The van der Waals surface area contributed by atoms with Crippen LogP contribution < -0.4 is 4.74 Å². The fourth-order valence-corrected chi connectivity index (χ4v) is 4.73. The van der Waals surface area contributed by atoms with Gasteiger partial charge in [0.1, 0.15) is 12.4 Å². The minimum atomic E-state index is -0.548. The summed E-state index contributed by atoms with van der Waals surface area (Å²) in [7, 11) is 0. The van der Waals surface area contributed by atoms with Gasteiger partial charge in [-0.3, -0.25) is 4.79 Å². The highest BCUT2D eigenvalue weighted by Crippen LogP contribution is 2.31. The minimum Gasteiger partial charge on any atom is -0.489 e. The van der Waals surface area contributed by atoms with E-state index in [1.807, 2.05) is 52.7 Å². The Hall–Kier alpha value is -3.14. The summed E-state index contributed by atoms with van der Waals surface area (Å²) in [6.45, 7) is 0.960. The molecule has 31 heavy (non-hydrogen) atoms. The van der Waals surface area contributed by atoms with Gasteiger partial charge >= 0.3 is 0 Å². The van der Waals surface area contributed by atoms with Crippen LogP contribution in [0, 0.1) is 11.3 Å². The standard InChI is InChI=1S/C25H24N2O3S/c26-16-19-6-1-2-7-20(19)17-30-22-10-3-8-18(14-22)25(29)27-12-4-9-21(27)15-23(28)24-11-5-13-31-24/h1-3,5-8,10-11,13-14,21,23,28H,4,9,12,15,17H2/t21-,23-/m1/s1. The molecule has 4 rings (SSSR count). The summed E-state index contributed by atoms with van der Waals surface area (Å²) in [6.07, 6.45) is 1.84. The number of rotatable bonds is 7. The molecule has 1 N–H and O–H groups in total. The van der Waals surface area contributed by atoms with Gasteiger partial charge in [-0.25, -0.2) is 0 Å². The number of nitrogens with zero attached hydrogens (tertiary/aromatic N) is 2. The zero-order valence-corrected chi connectivity index (χ0v) is 17.9. The molecule has 0 unspecified atom stereocenters. The van der Waals surface area contributed by atoms with E-state index < -0.39 is 6.10 Å². The molecule has 6 heteroatoms. The first-order chi connectivity index (χ1) is 15.2. The third-order valence-corrected chi connectivity index (χ3v) is 6.59. The highest BCUT2D eigenvalue weighted by molar-refractivity contribution is 7.10. The van der Waals surface area contributed by atoms with Crippen LogP contribution in [0.1, 0.15) is 51.7 Å². The summed E-state index contributed by atoms with van der Waals surface area (Å²) < 4.78 is 5.87. The first-order valence-electron chi connectivity index (χ1n) is 10.4. The molecule has 0 aliphatic carbocycles. The van der Waals surface area contributed by atoms with Crippen LogP contribution in [-0.2, 0) is 6.61 Å². The summed E-state index contributed by atoms with van der Waals surface area (Å²) in [5.74, 6) is 0.553. The third-order valence-electron chi connectivity index (χ3n) is 5.62. The number of aliphatic hydroxyl groups excluding tert-OH is 1. The lowest BCUT2D eigenvalue weighted by molar-refractivity contribution is 0.0669. The lowest BCUT2D eigenvalue weighted by Gasteiger charge is -2.26. The lowest BCUT2D eigenvalue weighted by Crippen LogP contribution is -2.36. The highest BCUT2D eigenvalue weighted by atomic mass is 32.1. The average molecular weight is 433 g/mol. The maximum Gasteiger partial charge on any atom is 0.254 e. The summed E-state index contributed by atoms with van der Waals surface area (Å²) in [5, 5.41) is 21.7. The largest absolute Gasteiger partial charge is 0.489 e. The van der Waals surface area contributed by atoms with Gasteiger partial charge in [-0.05, 0) is 55.0 Å². The Labute approximate surface area is 186 Å². The van der Waals surface area contributed by atoms with E-state index in [2.05, 4.69) is 6.07 Å². The summed E-state index contributed by atoms with van der Waals surface area (Å²) in [4.78, 5) is 16.0. The van der Waals surface area contributed by atoms with Crippen molar-refractivity contribution in [1.82, 2.24) is 4.90 Å². The molecule has 2 aromatic carbocycles. The molecule has 2 atom stereocenters. The van der Waals surface area contributed by atoms with Crippen LogP contribution in [0.25, 0.3) is 0 Å². The number of nitriles is 1. The topological polar surface area (TPSA) is 73.6 Å². The van der Waals surface area contributed by atoms with Crippen LogP contribution in [0.15, 0.2) is 66.0 Å². The van der Waals surface area contributed by atoms with E-state index in [1.54, 1.807) is 18.2 Å². The molecular formula is C25H24N2O3S. The van der Waals surface area contributed by atoms with Crippen molar-refractivity contribution in [3.05, 3.63) is 87.6 Å². The summed E-state index contributed by atoms with van der Waals surface area (Å²) in [6, 6.07) is 20.5. The van der Waals surface area contributed by atoms with E-state index in [0.717, 1.165) is 23.3 Å². The Kier molecular flexibility index (Phi) is 6.66. The van der Waals surface area contributed by atoms with Gasteiger partial charge in [-0.2, -0.15) is 5.26 Å². The number of carbonyl (C=O) groups is 1. The number of carbonyl (C=O) groups excluding carboxylic acids is 1. The Balaban J connectivity index is 1.43. The van der Waals surface area contributed by atoms with Crippen molar-refractivity contribution >= 4 is 17.2 Å². The first kappa shape index (κ1) is 21.1. The molecular weight excluding hydrogens is 408 g/mol. The highest BCUT2D eigenvalue weighted by Gasteiger charge is 2.31. The van der Waals surface area contributed by atoms with Gasteiger partial charge in [-0.1, -0.05) is 30.3 Å². The number of aliphatic hydroxyl groups is 1. The van der Waals surface area contributed by atoms with Crippen LogP contribution in [0.4, 0.5) is 0 Å². The number of hydrogen-bond acceptors (Lipinski definition) is 5. The van der Waals surface area contributed by atoms with E-state index in [4.69, 9.17) is 4.74 Å². The second-order valence-electron chi connectivity index (χ2n) is 7.65. The van der Waals surface area contributed by atoms with E-state index in [9.17, 15) is 15.2 Å². The Morgan fingerprint density at radius 2 is 2.10 bits per heavy atom. The smallest absolute Gasteiger partial charge is 0.254 e. The van der Waals surface area contributed by atoms with Crippen molar-refractivity contribution in [2.75, 3.05) is 6.54 Å². The van der Waals surface area contributed by atoms with Gasteiger partial charge in [0, 0.05) is 28.6 Å². The normalized spacial score (nSPS) is 16.6. The van der Waals surface area contributed by atoms with Gasteiger partial charge in [0.05, 0.1) is 17.7 Å². The zero-order chi connectivity index (χ0) is 21.6. The van der Waals surface area contributed by atoms with Crippen molar-refractivity contribution in [2.45, 2.75) is 38.0 Å². The summed E-state index contributed by atoms with van der Waals surface area (Å²) in [5.41, 5.74) is 1.96. The Morgan fingerprint density at radius 1 is 1.23 bits per heavy atom. The van der Waals surface area contributed by atoms with Gasteiger partial charge in [0.2, 0.25) is 0 Å². The van der Waals surface area contributed by atoms with Gasteiger partial charge in [0.15, 0.2) is 0 Å². The van der Waals surface area contributed by atoms with Crippen molar-refractivity contribution in [3.8, 4) is 11.8 Å². The molecule has 1 fully saturated rings. The van der Waals surface area contributed by atoms with Gasteiger partial charge < -0.3 is 14.7 Å². The van der Waals surface area contributed by atoms with E-state index in [0.29, 0.717) is 29.8 Å². The second kappa shape index (κ2) is 9.78. The molecule has 0 saturated carbocycles. The molecule has 5 nitrogen and oxygen atoms in total. The molecule has 1 amide bonds. The second-order valence-corrected chi connectivity index (χ2v) is 8.63. The molecule has 1 aliphatic rings. The van der Waals surface area contributed by atoms with Gasteiger partial charge in [-0.15, -0.1) is 11.3 Å². The number of benzene rings is 2. The molecule has 1 saturated heterocycles. The van der Waals surface area contributed by atoms with Crippen molar-refractivity contribution < 1.29 is 14.6 Å². The van der Waals surface area contributed by atoms with Crippen molar-refractivity contribution in [1.29, 1.82) is 5.26 Å². The van der Waals surface area contributed by atoms with Crippen LogP contribution in [-0.4, -0.2) is 28.5 Å². The number of hydrogen-bond donors (Lipinski definition) is 1. The van der Waals surface area contributed by atoms with Crippen molar-refractivity contribution in [2.24, 2.45) is 0 Å². The SMILES string of the molecule is N#Cc1ccccc1COc1cccc(C(=O)N2CCC[C@@H]2C[C@@H](O)c2cccs2)c1. The minimum absolute atomic E-state index is 0.0247. The fourth-order valence-electron chi connectivity index (χ4n) is 4.00. The summed E-state index contributed by atoms with van der Waals surface area (Å²) >= 11 is 1.54. The molecule has 0 radical (unpaired) electrons. The fraction of sp³-hybridized carbons (Fsp3) is 0.280. The predicted molar refractivity (Wildman–Crippen MR) is 120 cm³/mol. The number of thiophene rings is 1. The van der Waals surface area contributed by atoms with E-state index >= 15 is 0 Å². The monoisotopic (exact) mass is 432 g/mol. The maximum absolute atomic E-state index is 13.2. The van der Waals surface area contributed by atoms with Crippen LogP contribution in [0.3, 0.4) is 0 Å². The number of ether oxygens (including phenoxy) is 1. The van der Waals surface area contributed by atoms with Crippen LogP contribution >= 0.6 is 11.3 Å². The van der Waals surface area contributed by atoms with Crippen LogP contribution in [0.5, 0.6) is 5.75 Å². The predicted octanol–water partition coefficient (Wildman–Crippen LogP) is 4.93. The Morgan fingerprint density at radius 3 is 2.90 bits per heavy atom.